The minimum atomic E-state index is -0.375. The highest BCUT2D eigenvalue weighted by atomic mass is 16.7. The van der Waals surface area contributed by atoms with Crippen molar-refractivity contribution in [2.75, 3.05) is 64.6 Å². The molecule has 0 saturated carbocycles. The van der Waals surface area contributed by atoms with Gasteiger partial charge in [-0.25, -0.2) is 4.79 Å². The lowest BCUT2D eigenvalue weighted by atomic mass is 10.1. The van der Waals surface area contributed by atoms with Crippen LogP contribution in [0.2, 0.25) is 0 Å². The van der Waals surface area contributed by atoms with E-state index in [0.29, 0.717) is 18.1 Å². The van der Waals surface area contributed by atoms with Crippen LogP contribution in [-0.4, -0.2) is 66.9 Å². The molecular weight excluding hydrogens is 396 g/mol. The van der Waals surface area contributed by atoms with E-state index in [1.807, 2.05) is 13.1 Å². The van der Waals surface area contributed by atoms with E-state index in [1.54, 1.807) is 26.4 Å². The van der Waals surface area contributed by atoms with Crippen molar-refractivity contribution in [2.24, 2.45) is 0 Å². The van der Waals surface area contributed by atoms with Crippen LogP contribution in [0.15, 0.2) is 42.5 Å². The summed E-state index contributed by atoms with van der Waals surface area (Å²) >= 11 is 0. The highest BCUT2D eigenvalue weighted by Gasteiger charge is 2.24. The molecule has 168 valence electrons. The second-order valence-corrected chi connectivity index (χ2v) is 7.61. The van der Waals surface area contributed by atoms with E-state index in [4.69, 9.17) is 18.9 Å². The molecule has 3 rings (SSSR count). The maximum atomic E-state index is 11.8. The van der Waals surface area contributed by atoms with E-state index >= 15 is 0 Å². The lowest BCUT2D eigenvalue weighted by Gasteiger charge is -2.25. The fraction of sp³-hybridized carbons (Fsp3) is 0.458. The van der Waals surface area contributed by atoms with Crippen molar-refractivity contribution in [2.45, 2.75) is 18.9 Å². The Morgan fingerprint density at radius 1 is 1.16 bits per heavy atom. The molecule has 1 saturated heterocycles. The van der Waals surface area contributed by atoms with Crippen molar-refractivity contribution in [3.05, 3.63) is 53.6 Å². The second-order valence-electron chi connectivity index (χ2n) is 7.61. The first-order chi connectivity index (χ1) is 15.1. The topological polar surface area (TPSA) is 60.5 Å². The standard InChI is InChI=1S/C24H32N2O5/c1-25(22-10-9-19(24(27)30-4)15-23(22)29-3)13-11-18-7-5-6-8-21(18)26-14-12-20(16-26)31-17-28-2/h5-10,15,20H,11-14,16-17H2,1-4H3/t20-/m0/s1. The van der Waals surface area contributed by atoms with Crippen molar-refractivity contribution < 1.29 is 23.7 Å². The molecule has 0 unspecified atom stereocenters. The number of esters is 1. The van der Waals surface area contributed by atoms with Crippen molar-refractivity contribution in [1.82, 2.24) is 0 Å². The van der Waals surface area contributed by atoms with Crippen LogP contribution in [-0.2, 0) is 20.6 Å². The van der Waals surface area contributed by atoms with Gasteiger partial charge in [-0.3, -0.25) is 0 Å². The zero-order valence-corrected chi connectivity index (χ0v) is 18.8. The number of anilines is 2. The Kier molecular flexibility index (Phi) is 8.14. The third-order valence-corrected chi connectivity index (χ3v) is 5.63. The summed E-state index contributed by atoms with van der Waals surface area (Å²) in [6, 6.07) is 13.9. The number of para-hydroxylation sites is 1. The van der Waals surface area contributed by atoms with E-state index in [-0.39, 0.29) is 12.1 Å². The van der Waals surface area contributed by atoms with E-state index in [1.165, 1.54) is 18.4 Å². The lowest BCUT2D eigenvalue weighted by Crippen LogP contribution is -2.26. The van der Waals surface area contributed by atoms with Gasteiger partial charge in [-0.1, -0.05) is 18.2 Å². The molecule has 0 spiro atoms. The highest BCUT2D eigenvalue weighted by Crippen LogP contribution is 2.30. The number of nitrogens with zero attached hydrogens (tertiary/aromatic N) is 2. The molecule has 0 aromatic heterocycles. The summed E-state index contributed by atoms with van der Waals surface area (Å²) in [4.78, 5) is 16.3. The largest absolute Gasteiger partial charge is 0.495 e. The summed E-state index contributed by atoms with van der Waals surface area (Å²) in [5, 5.41) is 0. The zero-order chi connectivity index (χ0) is 22.2. The number of likely N-dealkylation sites (N-methyl/N-ethyl adjacent to an activating group) is 1. The predicted octanol–water partition coefficient (Wildman–Crippen LogP) is 3.36. The van der Waals surface area contributed by atoms with E-state index < -0.39 is 0 Å². The number of methoxy groups -OCH3 is 3. The van der Waals surface area contributed by atoms with Gasteiger partial charge in [-0.05, 0) is 42.7 Å². The van der Waals surface area contributed by atoms with Gasteiger partial charge in [-0.15, -0.1) is 0 Å². The third-order valence-electron chi connectivity index (χ3n) is 5.63. The van der Waals surface area contributed by atoms with Gasteiger partial charge < -0.3 is 28.7 Å². The minimum Gasteiger partial charge on any atom is -0.495 e. The smallest absolute Gasteiger partial charge is 0.337 e. The molecule has 0 radical (unpaired) electrons. The van der Waals surface area contributed by atoms with E-state index in [2.05, 4.69) is 34.1 Å². The highest BCUT2D eigenvalue weighted by molar-refractivity contribution is 5.90. The van der Waals surface area contributed by atoms with Gasteiger partial charge in [0.2, 0.25) is 0 Å². The maximum Gasteiger partial charge on any atom is 0.337 e. The Labute approximate surface area is 184 Å². The average Bonchev–Trinajstić information content (AvgIpc) is 3.29. The van der Waals surface area contributed by atoms with Crippen LogP contribution in [0, 0.1) is 0 Å². The Morgan fingerprint density at radius 2 is 1.97 bits per heavy atom. The SMILES string of the molecule is COCO[C@H]1CCN(c2ccccc2CCN(C)c2ccc(C(=O)OC)cc2OC)C1. The van der Waals surface area contributed by atoms with Crippen LogP contribution in [0.25, 0.3) is 0 Å². The first-order valence-corrected chi connectivity index (χ1v) is 10.5. The molecule has 2 aromatic carbocycles. The number of carbonyl (C=O) groups excluding carboxylic acids is 1. The fourth-order valence-corrected chi connectivity index (χ4v) is 3.92. The molecular formula is C24H32N2O5. The molecule has 0 amide bonds. The molecule has 2 aromatic rings. The van der Waals surface area contributed by atoms with Gasteiger partial charge in [-0.2, -0.15) is 0 Å². The summed E-state index contributed by atoms with van der Waals surface area (Å²) < 4.78 is 21.1. The number of hydrogen-bond acceptors (Lipinski definition) is 7. The zero-order valence-electron chi connectivity index (χ0n) is 18.8. The van der Waals surface area contributed by atoms with Crippen molar-refractivity contribution >= 4 is 17.3 Å². The van der Waals surface area contributed by atoms with E-state index in [9.17, 15) is 4.79 Å². The maximum absolute atomic E-state index is 11.8. The molecule has 1 aliphatic rings. The number of ether oxygens (including phenoxy) is 4. The molecule has 1 aliphatic heterocycles. The third kappa shape index (κ3) is 5.68. The number of rotatable bonds is 10. The van der Waals surface area contributed by atoms with Gasteiger partial charge in [0.15, 0.2) is 0 Å². The van der Waals surface area contributed by atoms with Gasteiger partial charge in [0.1, 0.15) is 12.5 Å². The Hall–Kier alpha value is -2.77. The van der Waals surface area contributed by atoms with E-state index in [0.717, 1.165) is 38.2 Å². The fourth-order valence-electron chi connectivity index (χ4n) is 3.92. The Bertz CT molecular complexity index is 873. The van der Waals surface area contributed by atoms with Crippen LogP contribution in [0.5, 0.6) is 5.75 Å². The molecule has 7 nitrogen and oxygen atoms in total. The normalized spacial score (nSPS) is 15.7. The summed E-state index contributed by atoms with van der Waals surface area (Å²) in [7, 11) is 6.66. The first kappa shape index (κ1) is 22.9. The number of benzene rings is 2. The van der Waals surface area contributed by atoms with Crippen molar-refractivity contribution in [3.8, 4) is 5.75 Å². The number of carbonyl (C=O) groups is 1. The molecule has 0 N–H and O–H groups in total. The van der Waals surface area contributed by atoms with Crippen LogP contribution in [0.4, 0.5) is 11.4 Å². The second kappa shape index (κ2) is 11.0. The van der Waals surface area contributed by atoms with Gasteiger partial charge in [0.05, 0.1) is 31.6 Å². The van der Waals surface area contributed by atoms with Gasteiger partial charge in [0.25, 0.3) is 0 Å². The first-order valence-electron chi connectivity index (χ1n) is 10.5. The average molecular weight is 429 g/mol. The monoisotopic (exact) mass is 428 g/mol. The molecule has 0 aliphatic carbocycles. The summed E-state index contributed by atoms with van der Waals surface area (Å²) in [5.74, 6) is 0.274. The number of hydrogen-bond donors (Lipinski definition) is 0. The van der Waals surface area contributed by atoms with Gasteiger partial charge >= 0.3 is 5.97 Å². The lowest BCUT2D eigenvalue weighted by molar-refractivity contribution is -0.0636. The molecule has 0 bridgehead atoms. The van der Waals surface area contributed by atoms with Crippen LogP contribution >= 0.6 is 0 Å². The molecule has 7 heteroatoms. The summed E-state index contributed by atoms with van der Waals surface area (Å²) in [5.41, 5.74) is 3.96. The molecule has 31 heavy (non-hydrogen) atoms. The van der Waals surface area contributed by atoms with Crippen LogP contribution in [0.1, 0.15) is 22.3 Å². The quantitative estimate of drug-likeness (QED) is 0.425. The Balaban J connectivity index is 1.67. The molecule has 1 atom stereocenters. The van der Waals surface area contributed by atoms with Crippen LogP contribution in [0.3, 0.4) is 0 Å². The van der Waals surface area contributed by atoms with Crippen LogP contribution < -0.4 is 14.5 Å². The predicted molar refractivity (Wildman–Crippen MR) is 121 cm³/mol. The van der Waals surface area contributed by atoms with Crippen molar-refractivity contribution in [3.63, 3.8) is 0 Å². The van der Waals surface area contributed by atoms with Gasteiger partial charge in [0, 0.05) is 39.5 Å². The Morgan fingerprint density at radius 3 is 2.71 bits per heavy atom. The minimum absolute atomic E-state index is 0.202. The van der Waals surface area contributed by atoms with Crippen molar-refractivity contribution in [1.29, 1.82) is 0 Å². The summed E-state index contributed by atoms with van der Waals surface area (Å²) in [6.07, 6.45) is 2.09. The molecule has 1 fully saturated rings. The molecule has 1 heterocycles. The summed E-state index contributed by atoms with van der Waals surface area (Å²) in [6.45, 7) is 2.99.